The first kappa shape index (κ1) is 19.1. The number of aryl methyl sites for hydroxylation is 2. The van der Waals surface area contributed by atoms with Gasteiger partial charge in [-0.05, 0) is 29.5 Å². The molecule has 3 rings (SSSR count). The van der Waals surface area contributed by atoms with Gasteiger partial charge in [0.05, 0.1) is 9.65 Å². The van der Waals surface area contributed by atoms with Gasteiger partial charge in [-0.15, -0.1) is 0 Å². The number of alkyl halides is 2. The molecule has 0 aliphatic rings. The molecule has 0 aromatic heterocycles. The van der Waals surface area contributed by atoms with Gasteiger partial charge in [0.25, 0.3) is 0 Å². The van der Waals surface area contributed by atoms with Gasteiger partial charge in [-0.25, -0.2) is 0 Å². The van der Waals surface area contributed by atoms with Crippen LogP contribution in [0.25, 0.3) is 0 Å². The van der Waals surface area contributed by atoms with E-state index in [4.69, 9.17) is 0 Å². The summed E-state index contributed by atoms with van der Waals surface area (Å²) in [5.41, 5.74) is 4.39. The zero-order valence-corrected chi connectivity index (χ0v) is 17.5. The summed E-state index contributed by atoms with van der Waals surface area (Å²) in [4.78, 5) is 12.4. The summed E-state index contributed by atoms with van der Waals surface area (Å²) in [7, 11) is 0. The first-order valence-electron chi connectivity index (χ1n) is 8.65. The number of hydrogen-bond acceptors (Lipinski definition) is 1. The van der Waals surface area contributed by atoms with Crippen LogP contribution in [0.1, 0.15) is 31.9 Å². The highest BCUT2D eigenvalue weighted by atomic mass is 79.9. The quantitative estimate of drug-likeness (QED) is 0.282. The van der Waals surface area contributed by atoms with Gasteiger partial charge in [0, 0.05) is 5.56 Å². The van der Waals surface area contributed by atoms with Gasteiger partial charge in [0.2, 0.25) is 0 Å². The highest BCUT2D eigenvalue weighted by Crippen LogP contribution is 2.33. The molecule has 26 heavy (non-hydrogen) atoms. The number of carbonyl (C=O) groups is 1. The van der Waals surface area contributed by atoms with E-state index in [0.717, 1.165) is 24.0 Å². The van der Waals surface area contributed by atoms with E-state index in [1.807, 2.05) is 48.5 Å². The monoisotopic (exact) mass is 470 g/mol. The zero-order chi connectivity index (χ0) is 18.4. The number of Topliss-reactive ketones (excluding diaryl/α,β-unsaturated/α-hetero) is 1. The van der Waals surface area contributed by atoms with Crippen LogP contribution in [-0.2, 0) is 12.8 Å². The molecule has 0 heterocycles. The van der Waals surface area contributed by atoms with Crippen molar-refractivity contribution in [2.45, 2.75) is 22.5 Å². The number of halogens is 2. The van der Waals surface area contributed by atoms with Crippen molar-refractivity contribution in [1.82, 2.24) is 0 Å². The topological polar surface area (TPSA) is 17.1 Å². The normalized spacial score (nSPS) is 13.2. The van der Waals surface area contributed by atoms with Crippen LogP contribution in [0.4, 0.5) is 0 Å². The van der Waals surface area contributed by atoms with Crippen LogP contribution in [0.3, 0.4) is 0 Å². The predicted octanol–water partition coefficient (Wildman–Crippen LogP) is 6.55. The predicted molar refractivity (Wildman–Crippen MR) is 115 cm³/mol. The lowest BCUT2D eigenvalue weighted by Gasteiger charge is -2.16. The molecule has 0 radical (unpaired) electrons. The summed E-state index contributed by atoms with van der Waals surface area (Å²) < 4.78 is 0. The molecule has 1 nitrogen and oxygen atoms in total. The molecule has 0 bridgehead atoms. The highest BCUT2D eigenvalue weighted by molar-refractivity contribution is 9.12. The Morgan fingerprint density at radius 3 is 1.77 bits per heavy atom. The Kier molecular flexibility index (Phi) is 6.81. The Bertz CT molecular complexity index is 829. The SMILES string of the molecule is O=C(c1ccc(CCc2ccccc2)cc1)[C@H](Br)[C@H](Br)c1ccccc1. The maximum absolute atomic E-state index is 12.8. The van der Waals surface area contributed by atoms with Crippen molar-refractivity contribution in [1.29, 1.82) is 0 Å². The van der Waals surface area contributed by atoms with Crippen molar-refractivity contribution in [3.05, 3.63) is 107 Å². The number of hydrogen-bond donors (Lipinski definition) is 0. The highest BCUT2D eigenvalue weighted by Gasteiger charge is 2.25. The Morgan fingerprint density at radius 2 is 1.19 bits per heavy atom. The second-order valence-electron chi connectivity index (χ2n) is 6.26. The summed E-state index contributed by atoms with van der Waals surface area (Å²) in [6, 6.07) is 28.4. The second kappa shape index (κ2) is 9.29. The molecule has 2 atom stereocenters. The average molecular weight is 472 g/mol. The van der Waals surface area contributed by atoms with Crippen molar-refractivity contribution in [2.24, 2.45) is 0 Å². The fraction of sp³-hybridized carbons (Fsp3) is 0.174. The Balaban J connectivity index is 1.63. The minimum absolute atomic E-state index is 0.0612. The van der Waals surface area contributed by atoms with Crippen LogP contribution in [0, 0.1) is 0 Å². The largest absolute Gasteiger partial charge is 0.293 e. The molecule has 0 saturated carbocycles. The molecular weight excluding hydrogens is 452 g/mol. The molecule has 0 aliphatic heterocycles. The third-order valence-corrected chi connectivity index (χ3v) is 7.12. The van der Waals surface area contributed by atoms with Gasteiger partial charge < -0.3 is 0 Å². The Labute approximate surface area is 171 Å². The van der Waals surface area contributed by atoms with E-state index in [1.54, 1.807) is 0 Å². The van der Waals surface area contributed by atoms with Gasteiger partial charge in [-0.2, -0.15) is 0 Å². The van der Waals surface area contributed by atoms with Crippen LogP contribution < -0.4 is 0 Å². The van der Waals surface area contributed by atoms with E-state index in [9.17, 15) is 4.79 Å². The Hall–Kier alpha value is -1.71. The maximum atomic E-state index is 12.8. The molecule has 0 unspecified atom stereocenters. The molecule has 0 amide bonds. The lowest BCUT2D eigenvalue weighted by molar-refractivity contribution is 0.0991. The standard InChI is InChI=1S/C23H20Br2O/c24-21(19-9-5-2-6-10-19)22(25)23(26)20-15-13-18(14-16-20)12-11-17-7-3-1-4-8-17/h1-10,13-16,21-22H,11-12H2/t21-,22-/m1/s1. The van der Waals surface area contributed by atoms with Crippen molar-refractivity contribution < 1.29 is 4.79 Å². The number of carbonyl (C=O) groups excluding carboxylic acids is 1. The van der Waals surface area contributed by atoms with Gasteiger partial charge in [-0.1, -0.05) is 117 Å². The minimum atomic E-state index is -0.305. The summed E-state index contributed by atoms with van der Waals surface area (Å²) in [5, 5.41) is 0. The number of benzene rings is 3. The summed E-state index contributed by atoms with van der Waals surface area (Å²) >= 11 is 7.21. The Morgan fingerprint density at radius 1 is 0.692 bits per heavy atom. The van der Waals surface area contributed by atoms with Crippen molar-refractivity contribution in [3.8, 4) is 0 Å². The van der Waals surface area contributed by atoms with Crippen molar-refractivity contribution in [2.75, 3.05) is 0 Å². The van der Waals surface area contributed by atoms with Gasteiger partial charge in [0.15, 0.2) is 5.78 Å². The zero-order valence-electron chi connectivity index (χ0n) is 14.3. The van der Waals surface area contributed by atoms with Crippen LogP contribution in [0.15, 0.2) is 84.9 Å². The molecular formula is C23H20Br2O. The van der Waals surface area contributed by atoms with E-state index in [1.165, 1.54) is 11.1 Å². The van der Waals surface area contributed by atoms with E-state index in [0.29, 0.717) is 0 Å². The fourth-order valence-corrected chi connectivity index (χ4v) is 3.98. The van der Waals surface area contributed by atoms with Crippen LogP contribution in [-0.4, -0.2) is 10.6 Å². The molecule has 132 valence electrons. The number of rotatable bonds is 7. The van der Waals surface area contributed by atoms with E-state index < -0.39 is 0 Å². The summed E-state index contributed by atoms with van der Waals surface area (Å²) in [6.45, 7) is 0. The van der Waals surface area contributed by atoms with E-state index >= 15 is 0 Å². The third-order valence-electron chi connectivity index (χ3n) is 4.41. The van der Waals surface area contributed by atoms with E-state index in [-0.39, 0.29) is 15.4 Å². The maximum Gasteiger partial charge on any atom is 0.177 e. The second-order valence-corrected chi connectivity index (χ2v) is 8.23. The van der Waals surface area contributed by atoms with Crippen molar-refractivity contribution in [3.63, 3.8) is 0 Å². The van der Waals surface area contributed by atoms with E-state index in [2.05, 4.69) is 68.3 Å². The molecule has 3 aromatic rings. The first-order chi connectivity index (χ1) is 12.6. The van der Waals surface area contributed by atoms with Crippen LogP contribution in [0.2, 0.25) is 0 Å². The smallest absolute Gasteiger partial charge is 0.177 e. The first-order valence-corrected chi connectivity index (χ1v) is 10.5. The summed E-state index contributed by atoms with van der Waals surface area (Å²) in [6.07, 6.45) is 1.98. The lowest BCUT2D eigenvalue weighted by Crippen LogP contribution is -2.19. The van der Waals surface area contributed by atoms with Crippen LogP contribution in [0.5, 0.6) is 0 Å². The molecule has 0 N–H and O–H groups in total. The van der Waals surface area contributed by atoms with Crippen LogP contribution >= 0.6 is 31.9 Å². The molecule has 0 aliphatic carbocycles. The molecule has 0 spiro atoms. The fourth-order valence-electron chi connectivity index (χ4n) is 2.87. The van der Waals surface area contributed by atoms with Gasteiger partial charge >= 0.3 is 0 Å². The molecule has 0 saturated heterocycles. The molecule has 0 fully saturated rings. The summed E-state index contributed by atoms with van der Waals surface area (Å²) in [5.74, 6) is 0.0883. The molecule has 3 heteroatoms. The van der Waals surface area contributed by atoms with Gasteiger partial charge in [-0.3, -0.25) is 4.79 Å². The number of ketones is 1. The lowest BCUT2D eigenvalue weighted by atomic mass is 9.99. The minimum Gasteiger partial charge on any atom is -0.293 e. The van der Waals surface area contributed by atoms with Gasteiger partial charge in [0.1, 0.15) is 0 Å². The van der Waals surface area contributed by atoms with Crippen molar-refractivity contribution >= 4 is 37.6 Å². The third kappa shape index (κ3) is 4.93. The average Bonchev–Trinajstić information content (AvgIpc) is 2.72. The molecule has 3 aromatic carbocycles.